The monoisotopic (exact) mass is 462 g/mol. The van der Waals surface area contributed by atoms with Crippen LogP contribution in [0, 0.1) is 0 Å². The number of carbonyl (C=O) groups excluding carboxylic acids is 2. The fraction of sp³-hybridized carbons (Fsp3) is 0.250. The van der Waals surface area contributed by atoms with Crippen LogP contribution in [0.2, 0.25) is 0 Å². The van der Waals surface area contributed by atoms with Crippen LogP contribution < -0.4 is 16.2 Å². The third-order valence-electron chi connectivity index (χ3n) is 5.69. The van der Waals surface area contributed by atoms with E-state index in [0.717, 1.165) is 41.5 Å². The second-order valence-electron chi connectivity index (χ2n) is 7.94. The molecule has 2 amide bonds. The first-order valence-electron chi connectivity index (χ1n) is 10.8. The van der Waals surface area contributed by atoms with Crippen LogP contribution in [-0.2, 0) is 24.2 Å². The van der Waals surface area contributed by atoms with E-state index in [1.165, 1.54) is 22.0 Å². The summed E-state index contributed by atoms with van der Waals surface area (Å²) in [6, 6.07) is 10.0. The minimum Gasteiger partial charge on any atom is -0.459 e. The second-order valence-corrected chi connectivity index (χ2v) is 9.02. The zero-order valence-electron chi connectivity index (χ0n) is 17.8. The summed E-state index contributed by atoms with van der Waals surface area (Å²) >= 11 is 1.62. The molecule has 0 fully saturated rings. The van der Waals surface area contributed by atoms with E-state index in [4.69, 9.17) is 4.42 Å². The van der Waals surface area contributed by atoms with Crippen molar-refractivity contribution in [1.82, 2.24) is 9.55 Å². The van der Waals surface area contributed by atoms with Gasteiger partial charge in [-0.15, -0.1) is 11.3 Å². The summed E-state index contributed by atoms with van der Waals surface area (Å²) in [5.74, 6) is -0.334. The van der Waals surface area contributed by atoms with E-state index in [-0.39, 0.29) is 36.1 Å². The average Bonchev–Trinajstić information content (AvgIpc) is 3.48. The van der Waals surface area contributed by atoms with Crippen LogP contribution in [0.1, 0.15) is 40.3 Å². The maximum absolute atomic E-state index is 13.0. The van der Waals surface area contributed by atoms with Gasteiger partial charge in [-0.3, -0.25) is 19.0 Å². The molecule has 0 radical (unpaired) electrons. The summed E-state index contributed by atoms with van der Waals surface area (Å²) in [5.41, 5.74) is 2.27. The van der Waals surface area contributed by atoms with Gasteiger partial charge in [-0.25, -0.2) is 4.98 Å². The van der Waals surface area contributed by atoms with Gasteiger partial charge in [0.15, 0.2) is 5.76 Å². The lowest BCUT2D eigenvalue weighted by atomic mass is 9.97. The third kappa shape index (κ3) is 4.45. The molecule has 33 heavy (non-hydrogen) atoms. The van der Waals surface area contributed by atoms with Gasteiger partial charge in [0.2, 0.25) is 5.91 Å². The van der Waals surface area contributed by atoms with Gasteiger partial charge in [-0.2, -0.15) is 0 Å². The topological polar surface area (TPSA) is 106 Å². The largest absolute Gasteiger partial charge is 0.459 e. The Morgan fingerprint density at radius 2 is 1.82 bits per heavy atom. The predicted molar refractivity (Wildman–Crippen MR) is 127 cm³/mol. The van der Waals surface area contributed by atoms with E-state index in [0.29, 0.717) is 11.4 Å². The molecule has 5 rings (SSSR count). The van der Waals surface area contributed by atoms with Crippen LogP contribution in [0.25, 0.3) is 10.2 Å². The Morgan fingerprint density at radius 1 is 1.06 bits per heavy atom. The van der Waals surface area contributed by atoms with Gasteiger partial charge in [0.1, 0.15) is 4.83 Å². The Balaban J connectivity index is 1.20. The number of fused-ring (bicyclic) bond motifs is 3. The SMILES string of the molecule is O=C(CCn1cnc2sc3c(c2c1=O)CCCC3)Nc1ccc(NC(=O)c2ccco2)cc1. The van der Waals surface area contributed by atoms with E-state index in [1.807, 2.05) is 0 Å². The quantitative estimate of drug-likeness (QED) is 0.446. The molecule has 0 saturated heterocycles. The molecule has 0 atom stereocenters. The third-order valence-corrected chi connectivity index (χ3v) is 6.89. The van der Waals surface area contributed by atoms with Gasteiger partial charge >= 0.3 is 0 Å². The molecular formula is C24H22N4O4S. The number of carbonyl (C=O) groups is 2. The normalized spacial score (nSPS) is 13.0. The lowest BCUT2D eigenvalue weighted by molar-refractivity contribution is -0.116. The van der Waals surface area contributed by atoms with Gasteiger partial charge < -0.3 is 15.1 Å². The number of thiophene rings is 1. The Morgan fingerprint density at radius 3 is 2.58 bits per heavy atom. The van der Waals surface area contributed by atoms with Crippen LogP contribution in [0.3, 0.4) is 0 Å². The highest BCUT2D eigenvalue weighted by Crippen LogP contribution is 2.33. The number of hydrogen-bond acceptors (Lipinski definition) is 6. The minimum absolute atomic E-state index is 0.0659. The molecule has 4 aromatic rings. The highest BCUT2D eigenvalue weighted by Gasteiger charge is 2.20. The van der Waals surface area contributed by atoms with Gasteiger partial charge in [-0.1, -0.05) is 0 Å². The molecule has 0 aliphatic heterocycles. The highest BCUT2D eigenvalue weighted by atomic mass is 32.1. The molecular weight excluding hydrogens is 440 g/mol. The molecule has 0 saturated carbocycles. The maximum atomic E-state index is 13.0. The average molecular weight is 463 g/mol. The Hall–Kier alpha value is -3.72. The van der Waals surface area contributed by atoms with Crippen LogP contribution >= 0.6 is 11.3 Å². The van der Waals surface area contributed by atoms with Gasteiger partial charge in [-0.05, 0) is 67.6 Å². The standard InChI is InChI=1S/C24H22N4O4S/c29-20(26-15-7-9-16(10-8-15)27-22(30)18-5-3-13-32-18)11-12-28-14-25-23-21(24(28)31)17-4-1-2-6-19(17)33-23/h3,5,7-10,13-14H,1-2,4,6,11-12H2,(H,26,29)(H,27,30). The van der Waals surface area contributed by atoms with Crippen LogP contribution in [0.4, 0.5) is 11.4 Å². The van der Waals surface area contributed by atoms with Crippen molar-refractivity contribution >= 4 is 44.7 Å². The van der Waals surface area contributed by atoms with E-state index in [1.54, 1.807) is 47.7 Å². The number of nitrogens with zero attached hydrogens (tertiary/aromatic N) is 2. The Kier molecular flexibility index (Phi) is 5.78. The molecule has 9 heteroatoms. The molecule has 3 aromatic heterocycles. The lowest BCUT2D eigenvalue weighted by Gasteiger charge is -2.11. The van der Waals surface area contributed by atoms with Crippen molar-refractivity contribution in [2.24, 2.45) is 0 Å². The van der Waals surface area contributed by atoms with Crippen molar-refractivity contribution in [1.29, 1.82) is 0 Å². The van der Waals surface area contributed by atoms with E-state index in [2.05, 4.69) is 15.6 Å². The zero-order chi connectivity index (χ0) is 22.8. The number of anilines is 2. The first-order valence-corrected chi connectivity index (χ1v) is 11.6. The first kappa shape index (κ1) is 21.1. The van der Waals surface area contributed by atoms with E-state index in [9.17, 15) is 14.4 Å². The minimum atomic E-state index is -0.348. The van der Waals surface area contributed by atoms with Crippen molar-refractivity contribution < 1.29 is 14.0 Å². The van der Waals surface area contributed by atoms with Crippen molar-refractivity contribution in [2.45, 2.75) is 38.6 Å². The zero-order valence-corrected chi connectivity index (χ0v) is 18.6. The predicted octanol–water partition coefficient (Wildman–Crippen LogP) is 4.21. The molecule has 1 aromatic carbocycles. The molecule has 0 unspecified atom stereocenters. The summed E-state index contributed by atoms with van der Waals surface area (Å²) in [5, 5.41) is 6.27. The summed E-state index contributed by atoms with van der Waals surface area (Å²) in [4.78, 5) is 44.0. The molecule has 0 spiro atoms. The molecule has 168 valence electrons. The van der Waals surface area contributed by atoms with Gasteiger partial charge in [0.05, 0.1) is 18.0 Å². The fourth-order valence-corrected chi connectivity index (χ4v) is 5.24. The van der Waals surface area contributed by atoms with Crippen molar-refractivity contribution in [3.8, 4) is 0 Å². The molecule has 8 nitrogen and oxygen atoms in total. The fourth-order valence-electron chi connectivity index (χ4n) is 4.02. The number of hydrogen-bond donors (Lipinski definition) is 2. The summed E-state index contributed by atoms with van der Waals surface area (Å²) in [7, 11) is 0. The number of furan rings is 1. The summed E-state index contributed by atoms with van der Waals surface area (Å²) in [6.07, 6.45) is 7.32. The van der Waals surface area contributed by atoms with Gasteiger partial charge in [0.25, 0.3) is 11.5 Å². The van der Waals surface area contributed by atoms with Gasteiger partial charge in [0, 0.05) is 29.2 Å². The van der Waals surface area contributed by atoms with E-state index >= 15 is 0 Å². The van der Waals surface area contributed by atoms with Crippen molar-refractivity contribution in [3.63, 3.8) is 0 Å². The number of rotatable bonds is 6. The summed E-state index contributed by atoms with van der Waals surface area (Å²) in [6.45, 7) is 0.259. The first-order chi connectivity index (χ1) is 16.1. The molecule has 0 bridgehead atoms. The lowest BCUT2D eigenvalue weighted by Crippen LogP contribution is -2.24. The van der Waals surface area contributed by atoms with Crippen LogP contribution in [0.5, 0.6) is 0 Å². The van der Waals surface area contributed by atoms with Crippen LogP contribution in [0.15, 0.2) is 58.2 Å². The molecule has 1 aliphatic rings. The Labute approximate surface area is 193 Å². The molecule has 2 N–H and O–H groups in total. The molecule has 1 aliphatic carbocycles. The smallest absolute Gasteiger partial charge is 0.291 e. The number of amides is 2. The summed E-state index contributed by atoms with van der Waals surface area (Å²) < 4.78 is 6.59. The number of benzene rings is 1. The number of nitrogens with one attached hydrogen (secondary N) is 2. The highest BCUT2D eigenvalue weighted by molar-refractivity contribution is 7.18. The second kappa shape index (κ2) is 9.03. The van der Waals surface area contributed by atoms with Crippen LogP contribution in [-0.4, -0.2) is 21.4 Å². The van der Waals surface area contributed by atoms with Crippen molar-refractivity contribution in [3.05, 3.63) is 75.5 Å². The Bertz CT molecular complexity index is 1370. The number of aryl methyl sites for hydroxylation is 3. The molecule has 3 heterocycles. The number of aromatic nitrogens is 2. The van der Waals surface area contributed by atoms with Crippen molar-refractivity contribution in [2.75, 3.05) is 10.6 Å². The van der Waals surface area contributed by atoms with E-state index < -0.39 is 0 Å². The maximum Gasteiger partial charge on any atom is 0.291 e.